The van der Waals surface area contributed by atoms with Crippen molar-refractivity contribution in [2.45, 2.75) is 77.4 Å². The topological polar surface area (TPSA) is 111 Å². The van der Waals surface area contributed by atoms with Gasteiger partial charge in [-0.2, -0.15) is 0 Å². The molecule has 0 spiro atoms. The number of hydrogen-bond acceptors (Lipinski definition) is 8. The molecule has 41 heavy (non-hydrogen) atoms. The standard InChI is InChI=1S/C27H29F3O6S.C3H6O/c1-14-9-16-17-11-19(29)18-10-15(31)6-7-24(18,2)26(17,30)21(32)12-25(16,3)27(14,23(34)37-13-28)36-22(33)20-5-4-8-35-20;1-3(2)4/h4-8,10,14,16-17,19,21,32H,9,11-13H2,1-3H3;1-2H3/t14-,16+,17+,19+,21+,24+,25+,26+,27+;/m1./s1. The molecule has 224 valence electrons. The van der Waals surface area contributed by atoms with E-state index in [0.29, 0.717) is 11.8 Å². The van der Waals surface area contributed by atoms with E-state index in [0.717, 1.165) is 6.08 Å². The number of Topliss-reactive ketones (excluding diaryl/α,β-unsaturated/α-hetero) is 1. The molecule has 0 radical (unpaired) electrons. The van der Waals surface area contributed by atoms with Gasteiger partial charge in [0, 0.05) is 22.7 Å². The van der Waals surface area contributed by atoms with E-state index in [1.54, 1.807) is 13.8 Å². The fourth-order valence-electron chi connectivity index (χ4n) is 7.97. The third-order valence-corrected chi connectivity index (χ3v) is 10.3. The number of alkyl halides is 3. The van der Waals surface area contributed by atoms with Crippen LogP contribution in [0.4, 0.5) is 13.2 Å². The molecule has 7 nitrogen and oxygen atoms in total. The Labute approximate surface area is 240 Å². The Balaban J connectivity index is 0.000000909. The molecule has 1 aromatic heterocycles. The average Bonchev–Trinajstić information content (AvgIpc) is 3.49. The number of aliphatic hydroxyl groups excluding tert-OH is 1. The van der Waals surface area contributed by atoms with Crippen LogP contribution in [0.25, 0.3) is 0 Å². The number of hydrogen-bond donors (Lipinski definition) is 1. The van der Waals surface area contributed by atoms with Crippen molar-refractivity contribution in [1.82, 2.24) is 0 Å². The van der Waals surface area contributed by atoms with E-state index < -0.39 is 75.0 Å². The van der Waals surface area contributed by atoms with Crippen LogP contribution in [0.5, 0.6) is 0 Å². The number of halogens is 3. The zero-order valence-corrected chi connectivity index (χ0v) is 24.4. The van der Waals surface area contributed by atoms with Crippen LogP contribution in [0.15, 0.2) is 46.6 Å². The lowest BCUT2D eigenvalue weighted by Gasteiger charge is -2.63. The number of carbonyl (C=O) groups is 4. The van der Waals surface area contributed by atoms with Crippen molar-refractivity contribution in [2.75, 3.05) is 6.01 Å². The Kier molecular flexibility index (Phi) is 8.30. The number of aliphatic hydroxyl groups is 1. The lowest BCUT2D eigenvalue weighted by atomic mass is 9.44. The van der Waals surface area contributed by atoms with Crippen molar-refractivity contribution in [3.8, 4) is 0 Å². The summed E-state index contributed by atoms with van der Waals surface area (Å²) in [6, 6.07) is 1.78. The van der Waals surface area contributed by atoms with Crippen LogP contribution < -0.4 is 0 Å². The van der Waals surface area contributed by atoms with E-state index in [2.05, 4.69) is 0 Å². The second-order valence-electron chi connectivity index (χ2n) is 12.0. The number of furan rings is 1. The number of rotatable bonds is 4. The van der Waals surface area contributed by atoms with Crippen molar-refractivity contribution in [2.24, 2.45) is 28.6 Å². The van der Waals surface area contributed by atoms with Crippen LogP contribution in [0.1, 0.15) is 64.4 Å². The first-order chi connectivity index (χ1) is 19.1. The molecular formula is C30H35F3O7S. The second-order valence-corrected chi connectivity index (χ2v) is 12.9. The molecule has 3 saturated carbocycles. The first-order valence-corrected chi connectivity index (χ1v) is 14.5. The molecule has 1 heterocycles. The fraction of sp³-hybridized carbons (Fsp3) is 0.600. The molecule has 1 N–H and O–H groups in total. The number of ether oxygens (including phenoxy) is 1. The summed E-state index contributed by atoms with van der Waals surface area (Å²) in [7, 11) is 0. The summed E-state index contributed by atoms with van der Waals surface area (Å²) >= 11 is 0.352. The zero-order valence-electron chi connectivity index (χ0n) is 23.6. The molecule has 0 amide bonds. The third kappa shape index (κ3) is 4.54. The lowest BCUT2D eigenvalue weighted by molar-refractivity contribution is -0.221. The first kappa shape index (κ1) is 31.3. The summed E-state index contributed by atoms with van der Waals surface area (Å²) in [5, 5.41) is 10.7. The molecule has 4 aliphatic carbocycles. The van der Waals surface area contributed by atoms with Crippen LogP contribution >= 0.6 is 11.8 Å². The molecule has 4 aliphatic rings. The summed E-state index contributed by atoms with van der Waals surface area (Å²) in [5.74, 6) is -3.81. The molecular weight excluding hydrogens is 561 g/mol. The number of allylic oxidation sites excluding steroid dienone is 4. The average molecular weight is 597 g/mol. The highest BCUT2D eigenvalue weighted by atomic mass is 32.2. The minimum absolute atomic E-state index is 0.00739. The number of carbonyl (C=O) groups excluding carboxylic acids is 4. The number of esters is 1. The lowest BCUT2D eigenvalue weighted by Crippen LogP contribution is -2.70. The Morgan fingerprint density at radius 3 is 2.44 bits per heavy atom. The van der Waals surface area contributed by atoms with Gasteiger partial charge in [0.1, 0.15) is 18.0 Å². The maximum Gasteiger partial charge on any atom is 0.375 e. The molecule has 5 rings (SSSR count). The van der Waals surface area contributed by atoms with Gasteiger partial charge in [-0.25, -0.2) is 18.0 Å². The smallest absolute Gasteiger partial charge is 0.375 e. The van der Waals surface area contributed by atoms with E-state index >= 15 is 8.78 Å². The third-order valence-electron chi connectivity index (χ3n) is 9.63. The summed E-state index contributed by atoms with van der Waals surface area (Å²) in [4.78, 5) is 48.1. The quantitative estimate of drug-likeness (QED) is 0.453. The van der Waals surface area contributed by atoms with Crippen molar-refractivity contribution in [1.29, 1.82) is 0 Å². The molecule has 1 aromatic rings. The van der Waals surface area contributed by atoms with E-state index in [4.69, 9.17) is 9.15 Å². The second kappa shape index (κ2) is 10.9. The Hall–Kier alpha value is -2.66. The van der Waals surface area contributed by atoms with Gasteiger partial charge in [-0.15, -0.1) is 0 Å². The molecule has 3 fully saturated rings. The van der Waals surface area contributed by atoms with Crippen molar-refractivity contribution < 1.29 is 46.6 Å². The predicted octanol–water partition coefficient (Wildman–Crippen LogP) is 5.52. The number of thioether (sulfide) groups is 1. The van der Waals surface area contributed by atoms with Crippen molar-refractivity contribution >= 4 is 34.4 Å². The molecule has 0 aromatic carbocycles. The number of fused-ring (bicyclic) bond motifs is 5. The Bertz CT molecular complexity index is 1290. The van der Waals surface area contributed by atoms with Gasteiger partial charge in [0.25, 0.3) is 0 Å². The van der Waals surface area contributed by atoms with Crippen LogP contribution in [0, 0.1) is 28.6 Å². The van der Waals surface area contributed by atoms with Crippen LogP contribution in [-0.4, -0.2) is 57.3 Å². The van der Waals surface area contributed by atoms with Gasteiger partial charge < -0.3 is 19.1 Å². The van der Waals surface area contributed by atoms with Crippen molar-refractivity contribution in [3.63, 3.8) is 0 Å². The zero-order chi connectivity index (χ0) is 30.5. The highest BCUT2D eigenvalue weighted by Gasteiger charge is 2.78. The van der Waals surface area contributed by atoms with E-state index in [9.17, 15) is 28.7 Å². The van der Waals surface area contributed by atoms with Crippen molar-refractivity contribution in [3.05, 3.63) is 48.0 Å². The first-order valence-electron chi connectivity index (χ1n) is 13.5. The summed E-state index contributed by atoms with van der Waals surface area (Å²) in [6.45, 7) is 7.85. The van der Waals surface area contributed by atoms with Crippen LogP contribution in [0.2, 0.25) is 0 Å². The fourth-order valence-corrected chi connectivity index (χ4v) is 8.76. The Morgan fingerprint density at radius 1 is 1.20 bits per heavy atom. The highest BCUT2D eigenvalue weighted by molar-refractivity contribution is 8.13. The summed E-state index contributed by atoms with van der Waals surface area (Å²) in [6.07, 6.45) is 1.16. The van der Waals surface area contributed by atoms with Gasteiger partial charge in [-0.05, 0) is 87.6 Å². The van der Waals surface area contributed by atoms with Gasteiger partial charge in [0.15, 0.2) is 17.1 Å². The van der Waals surface area contributed by atoms with Gasteiger partial charge in [-0.1, -0.05) is 19.9 Å². The molecule has 0 unspecified atom stereocenters. The maximum absolute atomic E-state index is 17.4. The van der Waals surface area contributed by atoms with E-state index in [-0.39, 0.29) is 36.4 Å². The maximum atomic E-state index is 17.4. The van der Waals surface area contributed by atoms with Gasteiger partial charge in [-0.3, -0.25) is 9.59 Å². The SMILES string of the molecule is CC(C)=O.C[C@@H]1C[C@H]2[C@@H]3C[C@H](F)C4=CC(=O)C=C[C@]4(C)[C@@]3(F)[C@@H](O)C[C@]2(C)[C@@]1(OC(=O)c1ccco1)C(=O)SCF. The molecule has 11 heteroatoms. The largest absolute Gasteiger partial charge is 0.457 e. The van der Waals surface area contributed by atoms with Gasteiger partial charge in [0.05, 0.1) is 12.4 Å². The minimum atomic E-state index is -2.35. The highest BCUT2D eigenvalue weighted by Crippen LogP contribution is 2.72. The molecule has 0 bridgehead atoms. The van der Waals surface area contributed by atoms with Crippen LogP contribution in [-0.2, 0) is 19.1 Å². The van der Waals surface area contributed by atoms with E-state index in [1.165, 1.54) is 51.3 Å². The van der Waals surface area contributed by atoms with Gasteiger partial charge in [0.2, 0.25) is 10.9 Å². The molecule has 0 aliphatic heterocycles. The monoisotopic (exact) mass is 596 g/mol. The minimum Gasteiger partial charge on any atom is -0.457 e. The summed E-state index contributed by atoms with van der Waals surface area (Å²) < 4.78 is 57.5. The van der Waals surface area contributed by atoms with Crippen LogP contribution in [0.3, 0.4) is 0 Å². The summed E-state index contributed by atoms with van der Waals surface area (Å²) in [5.41, 5.74) is -7.19. The molecule has 0 saturated heterocycles. The predicted molar refractivity (Wildman–Crippen MR) is 145 cm³/mol. The number of ketones is 2. The van der Waals surface area contributed by atoms with Gasteiger partial charge >= 0.3 is 5.97 Å². The van der Waals surface area contributed by atoms with E-state index in [1.807, 2.05) is 0 Å². The molecule has 9 atom stereocenters. The Morgan fingerprint density at radius 2 is 1.85 bits per heavy atom. The normalized spacial score (nSPS) is 40.8.